The number of nitrogens with zero attached hydrogens (tertiary/aromatic N) is 3. The Morgan fingerprint density at radius 1 is 1.00 bits per heavy atom. The average Bonchev–Trinajstić information content (AvgIpc) is 3.01. The summed E-state index contributed by atoms with van der Waals surface area (Å²) in [5, 5.41) is 15.2. The van der Waals surface area contributed by atoms with E-state index in [0.29, 0.717) is 11.1 Å². The number of hydrogen-bond donors (Lipinski definition) is 1. The molecule has 0 saturated carbocycles. The molecule has 0 amide bonds. The first kappa shape index (κ1) is 13.5. The van der Waals surface area contributed by atoms with E-state index in [2.05, 4.69) is 10.1 Å². The molecule has 1 unspecified atom stereocenters. The average molecular weight is 283 g/mol. The minimum Gasteiger partial charge on any atom is -0.378 e. The Morgan fingerprint density at radius 2 is 1.67 bits per heavy atom. The summed E-state index contributed by atoms with van der Waals surface area (Å²) in [6.45, 7) is 0.197. The Morgan fingerprint density at radius 3 is 2.29 bits per heavy atom. The van der Waals surface area contributed by atoms with Crippen molar-refractivity contribution < 1.29 is 9.50 Å². The molecule has 0 aliphatic rings. The molecule has 0 radical (unpaired) electrons. The molecule has 1 atom stereocenters. The second-order valence-corrected chi connectivity index (χ2v) is 4.83. The third-order valence-corrected chi connectivity index (χ3v) is 3.43. The maximum absolute atomic E-state index is 13.1. The van der Waals surface area contributed by atoms with Crippen LogP contribution in [0.4, 0.5) is 4.39 Å². The van der Waals surface area contributed by atoms with Gasteiger partial charge >= 0.3 is 0 Å². The van der Waals surface area contributed by atoms with E-state index in [1.165, 1.54) is 24.8 Å². The van der Waals surface area contributed by atoms with Gasteiger partial charge in [-0.25, -0.2) is 14.1 Å². The zero-order chi connectivity index (χ0) is 14.7. The summed E-state index contributed by atoms with van der Waals surface area (Å²) in [5.41, 5.74) is 0.0144. The number of aliphatic hydroxyl groups is 1. The lowest BCUT2D eigenvalue weighted by Gasteiger charge is -2.29. The van der Waals surface area contributed by atoms with Crippen LogP contribution in [-0.2, 0) is 12.1 Å². The van der Waals surface area contributed by atoms with Crippen molar-refractivity contribution in [1.29, 1.82) is 0 Å². The van der Waals surface area contributed by atoms with Gasteiger partial charge in [0.25, 0.3) is 0 Å². The molecule has 5 heteroatoms. The molecular weight excluding hydrogens is 269 g/mol. The van der Waals surface area contributed by atoms with E-state index < -0.39 is 5.60 Å². The predicted molar refractivity (Wildman–Crippen MR) is 75.9 cm³/mol. The molecule has 1 heterocycles. The fourth-order valence-electron chi connectivity index (χ4n) is 2.34. The molecule has 0 aliphatic heterocycles. The SMILES string of the molecule is OC(Cn1cncn1)(c1ccccc1)c1ccc(F)cc1. The standard InChI is InChI=1S/C16H14FN3O/c17-15-8-6-14(7-9-15)16(21,10-20-12-18-11-19-20)13-4-2-1-3-5-13/h1-9,11-12,21H,10H2. The maximum Gasteiger partial charge on any atom is 0.137 e. The number of halogens is 1. The Kier molecular flexibility index (Phi) is 3.50. The third kappa shape index (κ3) is 2.68. The quantitative estimate of drug-likeness (QED) is 0.799. The Hall–Kier alpha value is -2.53. The lowest BCUT2D eigenvalue weighted by atomic mass is 9.86. The highest BCUT2D eigenvalue weighted by molar-refractivity contribution is 5.35. The first-order chi connectivity index (χ1) is 10.2. The van der Waals surface area contributed by atoms with Crippen molar-refractivity contribution in [3.63, 3.8) is 0 Å². The van der Waals surface area contributed by atoms with Gasteiger partial charge in [-0.1, -0.05) is 42.5 Å². The molecule has 4 nitrogen and oxygen atoms in total. The molecule has 1 N–H and O–H groups in total. The van der Waals surface area contributed by atoms with Crippen LogP contribution in [0.15, 0.2) is 67.3 Å². The van der Waals surface area contributed by atoms with Gasteiger partial charge in [0.15, 0.2) is 0 Å². The zero-order valence-electron chi connectivity index (χ0n) is 11.2. The summed E-state index contributed by atoms with van der Waals surface area (Å²) < 4.78 is 14.7. The van der Waals surface area contributed by atoms with Crippen molar-refractivity contribution in [1.82, 2.24) is 14.8 Å². The minimum atomic E-state index is -1.30. The van der Waals surface area contributed by atoms with Crippen molar-refractivity contribution in [2.75, 3.05) is 0 Å². The number of hydrogen-bond acceptors (Lipinski definition) is 3. The highest BCUT2D eigenvalue weighted by atomic mass is 19.1. The molecule has 0 spiro atoms. The van der Waals surface area contributed by atoms with E-state index in [9.17, 15) is 9.50 Å². The van der Waals surface area contributed by atoms with Gasteiger partial charge in [0.1, 0.15) is 24.1 Å². The monoisotopic (exact) mass is 283 g/mol. The van der Waals surface area contributed by atoms with E-state index in [4.69, 9.17) is 0 Å². The molecule has 2 aromatic carbocycles. The summed E-state index contributed by atoms with van der Waals surface area (Å²) in [4.78, 5) is 3.89. The van der Waals surface area contributed by atoms with Crippen LogP contribution in [0.2, 0.25) is 0 Å². The van der Waals surface area contributed by atoms with Crippen LogP contribution in [0.25, 0.3) is 0 Å². The van der Waals surface area contributed by atoms with Crippen LogP contribution in [0.5, 0.6) is 0 Å². The Bertz CT molecular complexity index is 698. The van der Waals surface area contributed by atoms with Gasteiger partial charge in [-0.3, -0.25) is 0 Å². The van der Waals surface area contributed by atoms with Crippen LogP contribution < -0.4 is 0 Å². The first-order valence-electron chi connectivity index (χ1n) is 6.55. The van der Waals surface area contributed by atoms with Gasteiger partial charge in [0.2, 0.25) is 0 Å². The topological polar surface area (TPSA) is 50.9 Å². The van der Waals surface area contributed by atoms with Crippen LogP contribution in [-0.4, -0.2) is 19.9 Å². The van der Waals surface area contributed by atoms with Crippen molar-refractivity contribution in [2.24, 2.45) is 0 Å². The number of aromatic nitrogens is 3. The van der Waals surface area contributed by atoms with Gasteiger partial charge in [0.05, 0.1) is 6.54 Å². The first-order valence-corrected chi connectivity index (χ1v) is 6.55. The lowest BCUT2D eigenvalue weighted by molar-refractivity contribution is 0.0571. The highest BCUT2D eigenvalue weighted by Crippen LogP contribution is 2.31. The molecule has 21 heavy (non-hydrogen) atoms. The summed E-state index contributed by atoms with van der Waals surface area (Å²) in [7, 11) is 0. The second kappa shape index (κ2) is 5.46. The summed E-state index contributed by atoms with van der Waals surface area (Å²) in [6, 6.07) is 15.1. The van der Waals surface area contributed by atoms with Crippen molar-refractivity contribution >= 4 is 0 Å². The molecule has 0 saturated heterocycles. The third-order valence-electron chi connectivity index (χ3n) is 3.43. The highest BCUT2D eigenvalue weighted by Gasteiger charge is 2.32. The van der Waals surface area contributed by atoms with Gasteiger partial charge in [-0.15, -0.1) is 0 Å². The van der Waals surface area contributed by atoms with Gasteiger partial charge in [0, 0.05) is 0 Å². The van der Waals surface area contributed by atoms with Crippen LogP contribution >= 0.6 is 0 Å². The predicted octanol–water partition coefficient (Wildman–Crippen LogP) is 2.35. The normalized spacial score (nSPS) is 13.8. The van der Waals surface area contributed by atoms with Crippen LogP contribution in [0.1, 0.15) is 11.1 Å². The fourth-order valence-corrected chi connectivity index (χ4v) is 2.34. The van der Waals surface area contributed by atoms with Crippen molar-refractivity contribution in [2.45, 2.75) is 12.1 Å². The minimum absolute atomic E-state index is 0.197. The molecule has 1 aromatic heterocycles. The zero-order valence-corrected chi connectivity index (χ0v) is 11.2. The molecule has 0 fully saturated rings. The largest absolute Gasteiger partial charge is 0.378 e. The van der Waals surface area contributed by atoms with Crippen molar-refractivity contribution in [3.05, 3.63) is 84.2 Å². The van der Waals surface area contributed by atoms with E-state index >= 15 is 0 Å². The smallest absolute Gasteiger partial charge is 0.137 e. The van der Waals surface area contributed by atoms with E-state index in [0.717, 1.165) is 0 Å². The van der Waals surface area contributed by atoms with Crippen molar-refractivity contribution in [3.8, 4) is 0 Å². The van der Waals surface area contributed by atoms with Gasteiger partial charge in [-0.05, 0) is 23.3 Å². The van der Waals surface area contributed by atoms with Gasteiger partial charge in [-0.2, -0.15) is 5.10 Å². The van der Waals surface area contributed by atoms with E-state index in [1.807, 2.05) is 30.3 Å². The van der Waals surface area contributed by atoms with Crippen LogP contribution in [0.3, 0.4) is 0 Å². The fraction of sp³-hybridized carbons (Fsp3) is 0.125. The molecule has 106 valence electrons. The molecule has 3 rings (SSSR count). The summed E-state index contributed by atoms with van der Waals surface area (Å²) in [5.74, 6) is -0.338. The Balaban J connectivity index is 2.08. The number of rotatable bonds is 4. The number of benzene rings is 2. The summed E-state index contributed by atoms with van der Waals surface area (Å²) >= 11 is 0. The molecule has 0 aliphatic carbocycles. The van der Waals surface area contributed by atoms with E-state index in [-0.39, 0.29) is 12.4 Å². The molecule has 3 aromatic rings. The van der Waals surface area contributed by atoms with E-state index in [1.54, 1.807) is 16.8 Å². The second-order valence-electron chi connectivity index (χ2n) is 4.83. The van der Waals surface area contributed by atoms with Crippen LogP contribution in [0, 0.1) is 5.82 Å². The summed E-state index contributed by atoms with van der Waals surface area (Å²) in [6.07, 6.45) is 2.95. The lowest BCUT2D eigenvalue weighted by Crippen LogP contribution is -2.33. The maximum atomic E-state index is 13.1. The van der Waals surface area contributed by atoms with Gasteiger partial charge < -0.3 is 5.11 Å². The molecular formula is C16H14FN3O. The molecule has 0 bridgehead atoms. The Labute approximate surface area is 121 Å².